The number of benzene rings is 1. The number of nitrogens with one attached hydrogen (secondary N) is 3. The van der Waals surface area contributed by atoms with Gasteiger partial charge in [-0.1, -0.05) is 19.9 Å². The molecule has 52 heavy (non-hydrogen) atoms. The summed E-state index contributed by atoms with van der Waals surface area (Å²) in [4.78, 5) is 60.5. The molecule has 6 rings (SSSR count). The summed E-state index contributed by atoms with van der Waals surface area (Å²) < 4.78 is 49.6. The number of rotatable bonds is 15. The van der Waals surface area contributed by atoms with E-state index in [0.29, 0.717) is 29.9 Å². The largest absolute Gasteiger partial charge is 0.497 e. The number of sulfonamides is 1. The molecule has 18 heteroatoms. The van der Waals surface area contributed by atoms with Crippen molar-refractivity contribution >= 4 is 44.5 Å². The Kier molecular flexibility index (Phi) is 10.1. The van der Waals surface area contributed by atoms with Crippen LogP contribution < -0.4 is 34.3 Å². The molecule has 17 nitrogen and oxygen atoms in total. The molecule has 2 aliphatic carbocycles. The van der Waals surface area contributed by atoms with Gasteiger partial charge < -0.3 is 34.5 Å². The lowest BCUT2D eigenvalue weighted by Gasteiger charge is -2.31. The van der Waals surface area contributed by atoms with E-state index in [9.17, 15) is 22.8 Å². The molecule has 3 aliphatic rings. The summed E-state index contributed by atoms with van der Waals surface area (Å²) >= 11 is 0. The summed E-state index contributed by atoms with van der Waals surface area (Å²) in [6, 6.07) is 5.11. The predicted molar refractivity (Wildman–Crippen MR) is 187 cm³/mol. The van der Waals surface area contributed by atoms with Gasteiger partial charge in [-0.2, -0.15) is 9.97 Å². The fourth-order valence-corrected chi connectivity index (χ4v) is 7.68. The Labute approximate surface area is 300 Å². The molecular weight excluding hydrogens is 696 g/mol. The molecular formula is C34H42N8O9S. The van der Waals surface area contributed by atoms with Gasteiger partial charge in [0.15, 0.2) is 0 Å². The van der Waals surface area contributed by atoms with Gasteiger partial charge in [0.1, 0.15) is 29.5 Å². The first-order valence-electron chi connectivity index (χ1n) is 16.8. The van der Waals surface area contributed by atoms with Crippen molar-refractivity contribution in [1.82, 2.24) is 34.9 Å². The maximum Gasteiger partial charge on any atom is 0.324 e. The second-order valence-electron chi connectivity index (χ2n) is 13.4. The molecule has 278 valence electrons. The summed E-state index contributed by atoms with van der Waals surface area (Å²) in [7, 11) is 0.434. The Balaban J connectivity index is 1.30. The summed E-state index contributed by atoms with van der Waals surface area (Å²) in [5.74, 6) is -1.84. The lowest BCUT2D eigenvalue weighted by atomic mass is 10.0. The third-order valence-electron chi connectivity index (χ3n) is 9.49. The zero-order valence-corrected chi connectivity index (χ0v) is 30.3. The minimum Gasteiger partial charge on any atom is -0.497 e. The second-order valence-corrected chi connectivity index (χ2v) is 15.3. The maximum atomic E-state index is 14.5. The van der Waals surface area contributed by atoms with E-state index in [0.717, 1.165) is 5.39 Å². The minimum atomic E-state index is -3.89. The Morgan fingerprint density at radius 3 is 2.35 bits per heavy atom. The van der Waals surface area contributed by atoms with Crippen molar-refractivity contribution in [3.05, 3.63) is 43.1 Å². The molecule has 3 fully saturated rings. The molecule has 3 amide bonds. The van der Waals surface area contributed by atoms with Crippen LogP contribution >= 0.6 is 0 Å². The lowest BCUT2D eigenvalue weighted by Crippen LogP contribution is -2.58. The molecule has 1 saturated heterocycles. The first-order chi connectivity index (χ1) is 24.8. The number of carbonyl (C=O) groups is 3. The number of ether oxygens (including phenoxy) is 4. The van der Waals surface area contributed by atoms with Crippen molar-refractivity contribution in [2.24, 2.45) is 11.8 Å². The number of fused-ring (bicyclic) bond motifs is 1. The Hall–Kier alpha value is -5.26. The van der Waals surface area contributed by atoms with Crippen LogP contribution in [-0.2, 0) is 24.4 Å². The molecule has 0 spiro atoms. The SMILES string of the molecule is C=C[C@@H]1C[C@]1(NC(=O)[C@@H]1C[C@@H](Oc2nccc3cc(OC)ccc23)CN1C(=O)C(Nc1nc(OC)nc(OC)n1)C(C)C)C(=O)NS(=O)(=O)C1CC1. The molecule has 5 atom stereocenters. The van der Waals surface area contributed by atoms with Crippen LogP contribution in [0.25, 0.3) is 10.8 Å². The Morgan fingerprint density at radius 2 is 1.75 bits per heavy atom. The van der Waals surface area contributed by atoms with Gasteiger partial charge in [0.05, 0.1) is 33.1 Å². The van der Waals surface area contributed by atoms with Crippen LogP contribution in [0.4, 0.5) is 5.95 Å². The van der Waals surface area contributed by atoms with Gasteiger partial charge in [-0.25, -0.2) is 13.4 Å². The van der Waals surface area contributed by atoms with Crippen LogP contribution in [0.2, 0.25) is 0 Å². The first kappa shape index (κ1) is 36.5. The maximum absolute atomic E-state index is 14.5. The summed E-state index contributed by atoms with van der Waals surface area (Å²) in [5.41, 5.74) is -1.54. The van der Waals surface area contributed by atoms with E-state index < -0.39 is 62.6 Å². The van der Waals surface area contributed by atoms with E-state index in [1.807, 2.05) is 32.0 Å². The van der Waals surface area contributed by atoms with E-state index in [1.165, 1.54) is 25.2 Å². The smallest absolute Gasteiger partial charge is 0.324 e. The van der Waals surface area contributed by atoms with Crippen molar-refractivity contribution in [2.45, 2.75) is 68.5 Å². The highest BCUT2D eigenvalue weighted by molar-refractivity contribution is 7.91. The van der Waals surface area contributed by atoms with Crippen molar-refractivity contribution in [2.75, 3.05) is 33.2 Å². The normalized spacial score (nSPS) is 23.0. The number of nitrogens with zero attached hydrogens (tertiary/aromatic N) is 5. The van der Waals surface area contributed by atoms with Crippen LogP contribution in [-0.4, -0.2) is 108 Å². The van der Waals surface area contributed by atoms with Gasteiger partial charge in [-0.3, -0.25) is 19.1 Å². The monoisotopic (exact) mass is 738 g/mol. The summed E-state index contributed by atoms with van der Waals surface area (Å²) in [6.45, 7) is 7.39. The molecule has 3 aromatic rings. The number of carbonyl (C=O) groups excluding carboxylic acids is 3. The van der Waals surface area contributed by atoms with E-state index in [1.54, 1.807) is 19.4 Å². The Morgan fingerprint density at radius 1 is 1.04 bits per heavy atom. The molecule has 2 aromatic heterocycles. The molecule has 1 unspecified atom stereocenters. The average molecular weight is 739 g/mol. The van der Waals surface area contributed by atoms with Gasteiger partial charge in [0, 0.05) is 23.9 Å². The molecule has 0 radical (unpaired) electrons. The molecule has 3 N–H and O–H groups in total. The van der Waals surface area contributed by atoms with Gasteiger partial charge in [0.2, 0.25) is 33.7 Å². The van der Waals surface area contributed by atoms with Crippen molar-refractivity contribution in [3.63, 3.8) is 0 Å². The number of hydrogen-bond donors (Lipinski definition) is 3. The van der Waals surface area contributed by atoms with Crippen molar-refractivity contribution in [1.29, 1.82) is 0 Å². The third kappa shape index (κ3) is 7.37. The fourth-order valence-electron chi connectivity index (χ4n) is 6.32. The van der Waals surface area contributed by atoms with Crippen LogP contribution in [0.5, 0.6) is 23.7 Å². The van der Waals surface area contributed by atoms with Crippen molar-refractivity contribution in [3.8, 4) is 23.7 Å². The minimum absolute atomic E-state index is 0.0124. The molecule has 3 heterocycles. The number of likely N-dealkylation sites (tertiary alicyclic amines) is 1. The van der Waals surface area contributed by atoms with Gasteiger partial charge in [-0.05, 0) is 54.8 Å². The van der Waals surface area contributed by atoms with E-state index >= 15 is 0 Å². The van der Waals surface area contributed by atoms with Crippen LogP contribution in [0.3, 0.4) is 0 Å². The third-order valence-corrected chi connectivity index (χ3v) is 11.3. The Bertz CT molecular complexity index is 1970. The quantitative estimate of drug-likeness (QED) is 0.189. The van der Waals surface area contributed by atoms with Crippen LogP contribution in [0.15, 0.2) is 43.1 Å². The number of amides is 3. The fraction of sp³-hybridized carbons (Fsp3) is 0.500. The number of methoxy groups -OCH3 is 3. The van der Waals surface area contributed by atoms with Gasteiger partial charge >= 0.3 is 12.0 Å². The van der Waals surface area contributed by atoms with Crippen molar-refractivity contribution < 1.29 is 41.7 Å². The molecule has 1 aromatic carbocycles. The van der Waals surface area contributed by atoms with E-state index in [2.05, 4.69) is 41.9 Å². The first-order valence-corrected chi connectivity index (χ1v) is 18.4. The number of hydrogen-bond acceptors (Lipinski definition) is 14. The zero-order valence-electron chi connectivity index (χ0n) is 29.5. The van der Waals surface area contributed by atoms with Crippen LogP contribution in [0, 0.1) is 11.8 Å². The number of aromatic nitrogens is 4. The summed E-state index contributed by atoms with van der Waals surface area (Å²) in [6.07, 6.45) is 3.51. The highest BCUT2D eigenvalue weighted by Crippen LogP contribution is 2.45. The van der Waals surface area contributed by atoms with E-state index in [-0.39, 0.29) is 43.3 Å². The zero-order chi connectivity index (χ0) is 37.4. The molecule has 0 bridgehead atoms. The predicted octanol–water partition coefficient (Wildman–Crippen LogP) is 1.60. The van der Waals surface area contributed by atoms with Gasteiger partial charge in [0.25, 0.3) is 5.91 Å². The second kappa shape index (κ2) is 14.4. The molecule has 1 aliphatic heterocycles. The summed E-state index contributed by atoms with van der Waals surface area (Å²) in [5, 5.41) is 6.72. The lowest BCUT2D eigenvalue weighted by molar-refractivity contribution is -0.140. The highest BCUT2D eigenvalue weighted by Gasteiger charge is 2.62. The van der Waals surface area contributed by atoms with Crippen LogP contribution in [0.1, 0.15) is 39.5 Å². The van der Waals surface area contributed by atoms with Gasteiger partial charge in [-0.15, -0.1) is 11.6 Å². The number of anilines is 1. The average Bonchev–Trinajstić information content (AvgIpc) is 4.06. The topological polar surface area (TPSA) is 213 Å². The molecule has 2 saturated carbocycles. The van der Waals surface area contributed by atoms with E-state index in [4.69, 9.17) is 18.9 Å². The highest BCUT2D eigenvalue weighted by atomic mass is 32.2. The number of pyridine rings is 1. The standard InChI is InChI=1S/C34H42N8O9S/c1-7-20-16-34(20,30(45)41-52(46,47)23-9-10-23)40-27(43)25-15-22(51-28-24-11-8-21(48-4)14-19(24)12-13-35-28)17-42(25)29(44)26(18(2)3)36-31-37-32(49-5)39-33(38-31)50-6/h7-8,11-14,18,20,22-23,25-26H,1,9-10,15-17H2,2-6H3,(H,40,43)(H,41,45)(H,36,37,38,39)/t20-,22-,25+,26?,34-/m1/s1.